The van der Waals surface area contributed by atoms with Crippen molar-refractivity contribution in [2.75, 3.05) is 39.9 Å². The summed E-state index contributed by atoms with van der Waals surface area (Å²) in [5, 5.41) is 3.59. The average Bonchev–Trinajstić information content (AvgIpc) is 2.57. The molecule has 0 radical (unpaired) electrons. The first kappa shape index (κ1) is 14.3. The molecule has 2 atom stereocenters. The van der Waals surface area contributed by atoms with Crippen LogP contribution in [0.5, 0.6) is 0 Å². The quantitative estimate of drug-likeness (QED) is 0.835. The molecule has 1 N–H and O–H groups in total. The van der Waals surface area contributed by atoms with Crippen LogP contribution >= 0.6 is 0 Å². The van der Waals surface area contributed by atoms with Gasteiger partial charge in [-0.05, 0) is 37.6 Å². The van der Waals surface area contributed by atoms with Crippen molar-refractivity contribution in [2.45, 2.75) is 45.6 Å². The molecule has 18 heavy (non-hydrogen) atoms. The average molecular weight is 254 g/mol. The van der Waals surface area contributed by atoms with E-state index in [1.54, 1.807) is 0 Å². The summed E-state index contributed by atoms with van der Waals surface area (Å²) in [6.45, 7) is 10.3. The summed E-state index contributed by atoms with van der Waals surface area (Å²) in [5.41, 5.74) is 0.444. The van der Waals surface area contributed by atoms with Gasteiger partial charge in [-0.15, -0.1) is 0 Å². The minimum Gasteiger partial charge on any atom is -0.380 e. The SMILES string of the molecule is CNC1C(CN2CCCOCC2)CCCC1(C)C. The van der Waals surface area contributed by atoms with Gasteiger partial charge >= 0.3 is 0 Å². The smallest absolute Gasteiger partial charge is 0.0593 e. The van der Waals surface area contributed by atoms with Gasteiger partial charge in [0.05, 0.1) is 6.61 Å². The standard InChI is InChI=1S/C15H30N2O/c1-15(2)7-4-6-13(14(15)16-3)12-17-8-5-10-18-11-9-17/h13-14,16H,4-12H2,1-3H3. The number of ether oxygens (including phenoxy) is 1. The molecule has 0 spiro atoms. The molecule has 1 aliphatic carbocycles. The normalized spacial score (nSPS) is 34.2. The highest BCUT2D eigenvalue weighted by Crippen LogP contribution is 2.39. The monoisotopic (exact) mass is 254 g/mol. The molecule has 0 amide bonds. The zero-order valence-corrected chi connectivity index (χ0v) is 12.4. The predicted octanol–water partition coefficient (Wildman–Crippen LogP) is 2.12. The third-order valence-electron chi connectivity index (χ3n) is 4.83. The number of hydrogen-bond donors (Lipinski definition) is 1. The minimum absolute atomic E-state index is 0.444. The molecule has 1 saturated carbocycles. The molecule has 0 aromatic heterocycles. The Balaban J connectivity index is 1.93. The Bertz CT molecular complexity index is 247. The summed E-state index contributed by atoms with van der Waals surface area (Å²) in [6.07, 6.45) is 5.32. The Hall–Kier alpha value is -0.120. The topological polar surface area (TPSA) is 24.5 Å². The van der Waals surface area contributed by atoms with Crippen LogP contribution in [0.3, 0.4) is 0 Å². The number of nitrogens with zero attached hydrogens (tertiary/aromatic N) is 1. The summed E-state index contributed by atoms with van der Waals surface area (Å²) >= 11 is 0. The molecule has 3 nitrogen and oxygen atoms in total. The van der Waals surface area contributed by atoms with Crippen molar-refractivity contribution < 1.29 is 4.74 Å². The van der Waals surface area contributed by atoms with Crippen molar-refractivity contribution >= 4 is 0 Å². The van der Waals surface area contributed by atoms with Crippen molar-refractivity contribution in [3.05, 3.63) is 0 Å². The van der Waals surface area contributed by atoms with E-state index < -0.39 is 0 Å². The fraction of sp³-hybridized carbons (Fsp3) is 1.00. The van der Waals surface area contributed by atoms with Crippen LogP contribution in [0.1, 0.15) is 39.5 Å². The van der Waals surface area contributed by atoms with Gasteiger partial charge in [0.25, 0.3) is 0 Å². The maximum atomic E-state index is 5.55. The highest BCUT2D eigenvalue weighted by molar-refractivity contribution is 4.93. The van der Waals surface area contributed by atoms with E-state index in [1.165, 1.54) is 38.8 Å². The van der Waals surface area contributed by atoms with Crippen molar-refractivity contribution in [3.63, 3.8) is 0 Å². The van der Waals surface area contributed by atoms with E-state index in [1.807, 2.05) is 0 Å². The van der Waals surface area contributed by atoms with Gasteiger partial charge < -0.3 is 15.0 Å². The fourth-order valence-corrected chi connectivity index (χ4v) is 3.92. The van der Waals surface area contributed by atoms with Crippen LogP contribution in [0.2, 0.25) is 0 Å². The van der Waals surface area contributed by atoms with Crippen LogP contribution in [0.25, 0.3) is 0 Å². The Kier molecular flexibility index (Phi) is 5.05. The van der Waals surface area contributed by atoms with Gasteiger partial charge in [0.1, 0.15) is 0 Å². The lowest BCUT2D eigenvalue weighted by molar-refractivity contribution is 0.0804. The number of nitrogens with one attached hydrogen (secondary N) is 1. The van der Waals surface area contributed by atoms with Gasteiger partial charge in [0.2, 0.25) is 0 Å². The molecule has 0 aromatic rings. The van der Waals surface area contributed by atoms with Gasteiger partial charge in [-0.2, -0.15) is 0 Å². The van der Waals surface area contributed by atoms with E-state index in [-0.39, 0.29) is 0 Å². The maximum absolute atomic E-state index is 5.55. The Labute approximate surface area is 112 Å². The van der Waals surface area contributed by atoms with E-state index >= 15 is 0 Å². The molecule has 1 heterocycles. The summed E-state index contributed by atoms with van der Waals surface area (Å²) in [4.78, 5) is 2.61. The second kappa shape index (κ2) is 6.36. The highest BCUT2D eigenvalue weighted by Gasteiger charge is 2.38. The van der Waals surface area contributed by atoms with E-state index in [9.17, 15) is 0 Å². The summed E-state index contributed by atoms with van der Waals surface area (Å²) < 4.78 is 5.55. The molecule has 3 heteroatoms. The highest BCUT2D eigenvalue weighted by atomic mass is 16.5. The summed E-state index contributed by atoms with van der Waals surface area (Å²) in [7, 11) is 2.14. The summed E-state index contributed by atoms with van der Waals surface area (Å²) in [5.74, 6) is 0.803. The largest absolute Gasteiger partial charge is 0.380 e. The fourth-order valence-electron chi connectivity index (χ4n) is 3.92. The molecule has 106 valence electrons. The molecule has 2 unspecified atom stereocenters. The van der Waals surface area contributed by atoms with E-state index in [0.717, 1.165) is 25.7 Å². The summed E-state index contributed by atoms with van der Waals surface area (Å²) in [6, 6.07) is 0.662. The minimum atomic E-state index is 0.444. The Morgan fingerprint density at radius 3 is 2.83 bits per heavy atom. The first-order valence-electron chi connectivity index (χ1n) is 7.61. The van der Waals surface area contributed by atoms with Crippen molar-refractivity contribution in [2.24, 2.45) is 11.3 Å². The Morgan fingerprint density at radius 2 is 2.06 bits per heavy atom. The van der Waals surface area contributed by atoms with Gasteiger partial charge in [0, 0.05) is 32.3 Å². The third-order valence-corrected chi connectivity index (χ3v) is 4.83. The van der Waals surface area contributed by atoms with Gasteiger partial charge in [-0.3, -0.25) is 0 Å². The lowest BCUT2D eigenvalue weighted by Gasteiger charge is -2.45. The van der Waals surface area contributed by atoms with Crippen LogP contribution in [0, 0.1) is 11.3 Å². The van der Waals surface area contributed by atoms with Crippen LogP contribution < -0.4 is 5.32 Å². The number of hydrogen-bond acceptors (Lipinski definition) is 3. The predicted molar refractivity (Wildman–Crippen MR) is 75.8 cm³/mol. The molecule has 0 bridgehead atoms. The lowest BCUT2D eigenvalue weighted by Crippen LogP contribution is -2.51. The molecular formula is C15H30N2O. The zero-order valence-electron chi connectivity index (χ0n) is 12.4. The molecule has 2 aliphatic rings. The van der Waals surface area contributed by atoms with Crippen LogP contribution in [-0.2, 0) is 4.74 Å². The van der Waals surface area contributed by atoms with E-state index in [0.29, 0.717) is 11.5 Å². The number of rotatable bonds is 3. The van der Waals surface area contributed by atoms with Crippen LogP contribution in [0.4, 0.5) is 0 Å². The first-order valence-corrected chi connectivity index (χ1v) is 7.61. The molecule has 1 saturated heterocycles. The molecule has 2 rings (SSSR count). The second-order valence-electron chi connectivity index (χ2n) is 6.67. The lowest BCUT2D eigenvalue weighted by atomic mass is 9.68. The second-order valence-corrected chi connectivity index (χ2v) is 6.67. The van der Waals surface area contributed by atoms with Gasteiger partial charge in [0.15, 0.2) is 0 Å². The van der Waals surface area contributed by atoms with E-state index in [4.69, 9.17) is 4.74 Å². The van der Waals surface area contributed by atoms with Crippen molar-refractivity contribution in [1.82, 2.24) is 10.2 Å². The van der Waals surface area contributed by atoms with Gasteiger partial charge in [-0.1, -0.05) is 20.3 Å². The Morgan fingerprint density at radius 1 is 1.22 bits per heavy atom. The van der Waals surface area contributed by atoms with Crippen LogP contribution in [-0.4, -0.2) is 50.8 Å². The maximum Gasteiger partial charge on any atom is 0.0593 e. The molecule has 1 aliphatic heterocycles. The third kappa shape index (κ3) is 3.46. The van der Waals surface area contributed by atoms with Crippen LogP contribution in [0.15, 0.2) is 0 Å². The van der Waals surface area contributed by atoms with Crippen molar-refractivity contribution in [3.8, 4) is 0 Å². The molecular weight excluding hydrogens is 224 g/mol. The van der Waals surface area contributed by atoms with E-state index in [2.05, 4.69) is 31.1 Å². The van der Waals surface area contributed by atoms with Crippen molar-refractivity contribution in [1.29, 1.82) is 0 Å². The van der Waals surface area contributed by atoms with Gasteiger partial charge in [-0.25, -0.2) is 0 Å². The first-order chi connectivity index (χ1) is 8.63. The molecule has 0 aromatic carbocycles. The zero-order chi connectivity index (χ0) is 13.0. The molecule has 2 fully saturated rings.